The summed E-state index contributed by atoms with van der Waals surface area (Å²) in [6.45, 7) is 2.08. The van der Waals surface area contributed by atoms with Crippen molar-refractivity contribution in [2.75, 3.05) is 19.7 Å². The number of nitrogens with one attached hydrogen (secondary N) is 1. The highest BCUT2D eigenvalue weighted by molar-refractivity contribution is 7.89. The molecule has 2 aromatic carbocycles. The summed E-state index contributed by atoms with van der Waals surface area (Å²) in [5.41, 5.74) is 1.95. The molecule has 33 heavy (non-hydrogen) atoms. The first-order valence-corrected chi connectivity index (χ1v) is 11.8. The topological polar surface area (TPSA) is 88.8 Å². The van der Waals surface area contributed by atoms with E-state index in [1.54, 1.807) is 24.3 Å². The van der Waals surface area contributed by atoms with Crippen LogP contribution in [0.3, 0.4) is 0 Å². The number of terminal acetylenes is 1. The summed E-state index contributed by atoms with van der Waals surface area (Å²) >= 11 is 0. The average molecular weight is 467 g/mol. The van der Waals surface area contributed by atoms with E-state index >= 15 is 0 Å². The zero-order valence-electron chi connectivity index (χ0n) is 18.4. The number of rotatable bonds is 11. The molecule has 3 aromatic rings. The SMILES string of the molecule is C#CCOc1ccc(CCNC(=O)CN(Cc2ccco2)S(=O)(=O)c2ccc(C)cc2)cc1. The van der Waals surface area contributed by atoms with Crippen LogP contribution < -0.4 is 10.1 Å². The third kappa shape index (κ3) is 6.97. The normalized spacial score (nSPS) is 11.2. The van der Waals surface area contributed by atoms with Crippen molar-refractivity contribution < 1.29 is 22.4 Å². The molecule has 0 fully saturated rings. The highest BCUT2D eigenvalue weighted by Crippen LogP contribution is 2.19. The molecule has 0 aliphatic carbocycles. The first kappa shape index (κ1) is 24.1. The second-order valence-corrected chi connectivity index (χ2v) is 9.34. The van der Waals surface area contributed by atoms with Gasteiger partial charge in [-0.05, 0) is 55.3 Å². The molecule has 0 bridgehead atoms. The van der Waals surface area contributed by atoms with Gasteiger partial charge in [-0.2, -0.15) is 4.31 Å². The summed E-state index contributed by atoms with van der Waals surface area (Å²) in [5.74, 6) is 3.14. The molecule has 0 saturated heterocycles. The Balaban J connectivity index is 1.61. The minimum atomic E-state index is -3.89. The van der Waals surface area contributed by atoms with E-state index in [-0.39, 0.29) is 24.6 Å². The Morgan fingerprint density at radius 2 is 1.85 bits per heavy atom. The lowest BCUT2D eigenvalue weighted by Gasteiger charge is -2.21. The second-order valence-electron chi connectivity index (χ2n) is 7.40. The van der Waals surface area contributed by atoms with Crippen molar-refractivity contribution in [1.82, 2.24) is 9.62 Å². The number of hydrogen-bond acceptors (Lipinski definition) is 5. The summed E-state index contributed by atoms with van der Waals surface area (Å²) in [6.07, 6.45) is 7.23. The molecule has 0 unspecified atom stereocenters. The van der Waals surface area contributed by atoms with E-state index < -0.39 is 15.9 Å². The van der Waals surface area contributed by atoms with Crippen molar-refractivity contribution >= 4 is 15.9 Å². The molecule has 1 amide bonds. The van der Waals surface area contributed by atoms with Crippen molar-refractivity contribution in [3.63, 3.8) is 0 Å². The van der Waals surface area contributed by atoms with Crippen molar-refractivity contribution in [2.24, 2.45) is 0 Å². The number of hydrogen-bond donors (Lipinski definition) is 1. The van der Waals surface area contributed by atoms with E-state index in [1.807, 2.05) is 31.2 Å². The van der Waals surface area contributed by atoms with E-state index in [0.29, 0.717) is 24.5 Å². The number of nitrogens with zero attached hydrogens (tertiary/aromatic N) is 1. The van der Waals surface area contributed by atoms with Gasteiger partial charge < -0.3 is 14.5 Å². The minimum Gasteiger partial charge on any atom is -0.481 e. The third-order valence-corrected chi connectivity index (χ3v) is 6.68. The number of aryl methyl sites for hydroxylation is 1. The fourth-order valence-electron chi connectivity index (χ4n) is 3.10. The molecule has 8 heteroatoms. The van der Waals surface area contributed by atoms with Gasteiger partial charge in [0.25, 0.3) is 0 Å². The minimum absolute atomic E-state index is 0.0459. The van der Waals surface area contributed by atoms with Crippen LogP contribution in [-0.4, -0.2) is 38.3 Å². The first-order chi connectivity index (χ1) is 15.9. The van der Waals surface area contributed by atoms with Crippen molar-refractivity contribution in [1.29, 1.82) is 0 Å². The number of sulfonamides is 1. The highest BCUT2D eigenvalue weighted by atomic mass is 32.2. The Kier molecular flexibility index (Phi) is 8.30. The lowest BCUT2D eigenvalue weighted by molar-refractivity contribution is -0.121. The van der Waals surface area contributed by atoms with E-state index in [9.17, 15) is 13.2 Å². The largest absolute Gasteiger partial charge is 0.481 e. The lowest BCUT2D eigenvalue weighted by Crippen LogP contribution is -2.40. The average Bonchev–Trinajstić information content (AvgIpc) is 3.32. The van der Waals surface area contributed by atoms with Crippen LogP contribution in [0.25, 0.3) is 0 Å². The fraction of sp³-hybridized carbons (Fsp3) is 0.240. The third-order valence-electron chi connectivity index (χ3n) is 4.87. The van der Waals surface area contributed by atoms with Crippen molar-refractivity contribution in [3.8, 4) is 18.1 Å². The van der Waals surface area contributed by atoms with Crippen LogP contribution in [0.5, 0.6) is 5.75 Å². The number of ether oxygens (including phenoxy) is 1. The monoisotopic (exact) mass is 466 g/mol. The zero-order chi connectivity index (χ0) is 23.7. The molecule has 7 nitrogen and oxygen atoms in total. The van der Waals surface area contributed by atoms with Crippen molar-refractivity contribution in [3.05, 3.63) is 83.8 Å². The molecule has 3 rings (SSSR count). The first-order valence-electron chi connectivity index (χ1n) is 10.4. The van der Waals surface area contributed by atoms with Crippen LogP contribution in [0, 0.1) is 19.3 Å². The van der Waals surface area contributed by atoms with Crippen LogP contribution in [0.2, 0.25) is 0 Å². The van der Waals surface area contributed by atoms with Crippen molar-refractivity contribution in [2.45, 2.75) is 24.8 Å². The molecule has 1 N–H and O–H groups in total. The summed E-state index contributed by atoms with van der Waals surface area (Å²) < 4.78 is 38.1. The molecular weight excluding hydrogens is 440 g/mol. The maximum atomic E-state index is 13.2. The molecule has 0 atom stereocenters. The zero-order valence-corrected chi connectivity index (χ0v) is 19.2. The van der Waals surface area contributed by atoms with Gasteiger partial charge >= 0.3 is 0 Å². The second kappa shape index (κ2) is 11.4. The Hall–Kier alpha value is -3.54. The summed E-state index contributed by atoms with van der Waals surface area (Å²) in [5, 5.41) is 2.79. The van der Waals surface area contributed by atoms with Crippen LogP contribution in [0.4, 0.5) is 0 Å². The van der Waals surface area contributed by atoms with E-state index in [2.05, 4.69) is 11.2 Å². The molecule has 0 aliphatic heterocycles. The molecule has 1 aromatic heterocycles. The smallest absolute Gasteiger partial charge is 0.243 e. The molecular formula is C25H26N2O5S. The molecule has 0 aliphatic rings. The number of carbonyl (C=O) groups is 1. The molecule has 0 saturated carbocycles. The van der Waals surface area contributed by atoms with Crippen LogP contribution in [0.1, 0.15) is 16.9 Å². The van der Waals surface area contributed by atoms with Gasteiger partial charge in [-0.3, -0.25) is 4.79 Å². The predicted octanol–water partition coefficient (Wildman–Crippen LogP) is 3.15. The Labute approximate surface area is 194 Å². The maximum Gasteiger partial charge on any atom is 0.243 e. The Morgan fingerprint density at radius 3 is 2.48 bits per heavy atom. The van der Waals surface area contributed by atoms with Gasteiger partial charge in [-0.1, -0.05) is 35.7 Å². The van der Waals surface area contributed by atoms with Crippen LogP contribution >= 0.6 is 0 Å². The highest BCUT2D eigenvalue weighted by Gasteiger charge is 2.27. The number of carbonyl (C=O) groups excluding carboxylic acids is 1. The van der Waals surface area contributed by atoms with Gasteiger partial charge in [0.15, 0.2) is 0 Å². The quantitative estimate of drug-likeness (QED) is 0.439. The number of furan rings is 1. The summed E-state index contributed by atoms with van der Waals surface area (Å²) in [6, 6.07) is 17.3. The Bertz CT molecular complexity index is 1180. The standard InChI is InChI=1S/C25H26N2O5S/c1-3-16-31-22-10-8-21(9-11-22)14-15-26-25(28)19-27(18-23-5-4-17-32-23)33(29,30)24-12-6-20(2)7-13-24/h1,4-13,17H,14-16,18-19H2,2H3,(H,26,28). The van der Waals surface area contributed by atoms with E-state index in [4.69, 9.17) is 15.6 Å². The van der Waals surface area contributed by atoms with Gasteiger partial charge in [0.1, 0.15) is 18.1 Å². The van der Waals surface area contributed by atoms with Gasteiger partial charge in [0, 0.05) is 6.54 Å². The predicted molar refractivity (Wildman–Crippen MR) is 125 cm³/mol. The Morgan fingerprint density at radius 1 is 1.12 bits per heavy atom. The molecule has 172 valence electrons. The van der Waals surface area contributed by atoms with Gasteiger partial charge in [-0.15, -0.1) is 6.42 Å². The lowest BCUT2D eigenvalue weighted by atomic mass is 10.1. The van der Waals surface area contributed by atoms with E-state index in [0.717, 1.165) is 15.4 Å². The van der Waals surface area contributed by atoms with Crippen LogP contribution in [0.15, 0.2) is 76.2 Å². The summed E-state index contributed by atoms with van der Waals surface area (Å²) in [4.78, 5) is 12.7. The summed E-state index contributed by atoms with van der Waals surface area (Å²) in [7, 11) is -3.89. The number of amides is 1. The molecule has 0 spiro atoms. The van der Waals surface area contributed by atoms with Gasteiger partial charge in [-0.25, -0.2) is 8.42 Å². The van der Waals surface area contributed by atoms with Crippen LogP contribution in [-0.2, 0) is 27.8 Å². The maximum absolute atomic E-state index is 13.2. The molecule has 1 heterocycles. The van der Waals surface area contributed by atoms with E-state index in [1.165, 1.54) is 18.4 Å². The van der Waals surface area contributed by atoms with Gasteiger partial charge in [0.2, 0.25) is 15.9 Å². The van der Waals surface area contributed by atoms with Gasteiger partial charge in [0.05, 0.1) is 24.2 Å². The fourth-order valence-corrected chi connectivity index (χ4v) is 4.46. The number of benzene rings is 2. The molecule has 0 radical (unpaired) electrons.